The van der Waals surface area contributed by atoms with E-state index in [9.17, 15) is 12.8 Å². The van der Waals surface area contributed by atoms with Crippen molar-refractivity contribution >= 4 is 21.4 Å². The van der Waals surface area contributed by atoms with Crippen molar-refractivity contribution in [2.24, 2.45) is 10.9 Å². The van der Waals surface area contributed by atoms with Gasteiger partial charge in [0.15, 0.2) is 5.84 Å². The average Bonchev–Trinajstić information content (AvgIpc) is 2.34. The van der Waals surface area contributed by atoms with E-state index in [4.69, 9.17) is 10.9 Å². The lowest BCUT2D eigenvalue weighted by Gasteiger charge is -2.19. The van der Waals surface area contributed by atoms with E-state index in [-0.39, 0.29) is 29.4 Å². The zero-order valence-electron chi connectivity index (χ0n) is 10.7. The summed E-state index contributed by atoms with van der Waals surface area (Å²) < 4.78 is 35.9. The second-order valence-corrected chi connectivity index (χ2v) is 6.46. The van der Waals surface area contributed by atoms with Gasteiger partial charge in [-0.1, -0.05) is 5.16 Å². The molecule has 0 atom stereocenters. The van der Waals surface area contributed by atoms with Crippen molar-refractivity contribution in [1.29, 1.82) is 0 Å². The van der Waals surface area contributed by atoms with E-state index in [2.05, 4.69) is 5.16 Å². The molecule has 6 nitrogen and oxygen atoms in total. The molecule has 0 amide bonds. The summed E-state index contributed by atoms with van der Waals surface area (Å²) in [7, 11) is -1.51. The van der Waals surface area contributed by atoms with Gasteiger partial charge < -0.3 is 15.8 Å². The molecule has 8 heteroatoms. The molecule has 0 heterocycles. The van der Waals surface area contributed by atoms with Crippen molar-refractivity contribution < 1.29 is 18.0 Å². The predicted octanol–water partition coefficient (Wildman–Crippen LogP) is 0.401. The number of oxime groups is 1. The Bertz CT molecular complexity index is 587. The largest absolute Gasteiger partial charge is 0.409 e. The molecule has 106 valence electrons. The summed E-state index contributed by atoms with van der Waals surface area (Å²) >= 11 is 0. The number of nitrogens with zero attached hydrogens (tertiary/aromatic N) is 2. The molecule has 3 N–H and O–H groups in total. The Kier molecular flexibility index (Phi) is 4.71. The monoisotopic (exact) mass is 289 g/mol. The molecule has 0 unspecified atom stereocenters. The molecule has 0 bridgehead atoms. The van der Waals surface area contributed by atoms with Crippen LogP contribution in [0.15, 0.2) is 23.4 Å². The number of sulfone groups is 1. The fraction of sp³-hybridized carbons (Fsp3) is 0.364. The van der Waals surface area contributed by atoms with E-state index in [1.807, 2.05) is 0 Å². The Balaban J connectivity index is 2.90. The van der Waals surface area contributed by atoms with Gasteiger partial charge in [-0.2, -0.15) is 0 Å². The summed E-state index contributed by atoms with van der Waals surface area (Å²) in [6.07, 6.45) is 1.12. The van der Waals surface area contributed by atoms with E-state index in [0.717, 1.165) is 12.3 Å². The highest BCUT2D eigenvalue weighted by molar-refractivity contribution is 7.90. The standard InChI is InChI=1S/C11H16FN3O3S/c1-15(5-6-19(2,17)18)10-4-3-8(7-9(10)12)11(13)14-16/h3-4,7,16H,5-6H2,1-2H3,(H2,13,14). The normalized spacial score (nSPS) is 12.5. The van der Waals surface area contributed by atoms with Crippen LogP contribution in [-0.4, -0.2) is 45.1 Å². The highest BCUT2D eigenvalue weighted by Crippen LogP contribution is 2.19. The van der Waals surface area contributed by atoms with Crippen LogP contribution in [0.5, 0.6) is 0 Å². The molecule has 0 aliphatic carbocycles. The first-order valence-electron chi connectivity index (χ1n) is 5.41. The van der Waals surface area contributed by atoms with Crippen LogP contribution in [0.2, 0.25) is 0 Å². The fourth-order valence-corrected chi connectivity index (χ4v) is 2.06. The summed E-state index contributed by atoms with van der Waals surface area (Å²) in [6.45, 7) is 0.179. The topological polar surface area (TPSA) is 96.0 Å². The molecule has 0 radical (unpaired) electrons. The Hall–Kier alpha value is -1.83. The smallest absolute Gasteiger partial charge is 0.170 e. The Morgan fingerprint density at radius 3 is 2.63 bits per heavy atom. The predicted molar refractivity (Wildman–Crippen MR) is 71.9 cm³/mol. The summed E-state index contributed by atoms with van der Waals surface area (Å²) in [5, 5.41) is 11.3. The number of hydrogen-bond donors (Lipinski definition) is 2. The van der Waals surface area contributed by atoms with E-state index in [0.29, 0.717) is 0 Å². The summed E-state index contributed by atoms with van der Waals surface area (Å²) in [5.41, 5.74) is 5.84. The minimum Gasteiger partial charge on any atom is -0.409 e. The number of amidine groups is 1. The van der Waals surface area contributed by atoms with E-state index in [1.54, 1.807) is 7.05 Å². The van der Waals surface area contributed by atoms with E-state index in [1.165, 1.54) is 17.0 Å². The molecular weight excluding hydrogens is 273 g/mol. The molecule has 0 saturated heterocycles. The van der Waals surface area contributed by atoms with Gasteiger partial charge in [0, 0.05) is 25.4 Å². The highest BCUT2D eigenvalue weighted by Gasteiger charge is 2.12. The zero-order chi connectivity index (χ0) is 14.6. The molecule has 0 aromatic heterocycles. The molecule has 0 aliphatic rings. The molecule has 1 aromatic carbocycles. The van der Waals surface area contributed by atoms with Crippen LogP contribution in [0.4, 0.5) is 10.1 Å². The van der Waals surface area contributed by atoms with Crippen LogP contribution in [0.1, 0.15) is 5.56 Å². The van der Waals surface area contributed by atoms with Crippen LogP contribution in [0.3, 0.4) is 0 Å². The van der Waals surface area contributed by atoms with Gasteiger partial charge in [0.05, 0.1) is 11.4 Å². The summed E-state index contributed by atoms with van der Waals surface area (Å²) in [5.74, 6) is -0.824. The summed E-state index contributed by atoms with van der Waals surface area (Å²) in [6, 6.07) is 4.07. The number of anilines is 1. The van der Waals surface area contributed by atoms with Crippen LogP contribution >= 0.6 is 0 Å². The lowest BCUT2D eigenvalue weighted by atomic mass is 10.1. The molecule has 0 aliphatic heterocycles. The maximum absolute atomic E-state index is 13.8. The quantitative estimate of drug-likeness (QED) is 0.354. The Morgan fingerprint density at radius 1 is 1.53 bits per heavy atom. The first-order valence-corrected chi connectivity index (χ1v) is 7.47. The van der Waals surface area contributed by atoms with Gasteiger partial charge in [-0.3, -0.25) is 0 Å². The second kappa shape index (κ2) is 5.87. The number of nitrogens with two attached hydrogens (primary N) is 1. The average molecular weight is 289 g/mol. The van der Waals surface area contributed by atoms with Crippen molar-refractivity contribution in [1.82, 2.24) is 0 Å². The zero-order valence-corrected chi connectivity index (χ0v) is 11.5. The highest BCUT2D eigenvalue weighted by atomic mass is 32.2. The van der Waals surface area contributed by atoms with Gasteiger partial charge in [0.25, 0.3) is 0 Å². The number of benzene rings is 1. The third kappa shape index (κ3) is 4.40. The van der Waals surface area contributed by atoms with Gasteiger partial charge in [-0.05, 0) is 18.2 Å². The van der Waals surface area contributed by atoms with Crippen LogP contribution in [0.25, 0.3) is 0 Å². The Labute approximate surface area is 111 Å². The number of rotatable bonds is 5. The van der Waals surface area contributed by atoms with Crippen LogP contribution in [0, 0.1) is 5.82 Å². The van der Waals surface area contributed by atoms with Gasteiger partial charge >= 0.3 is 0 Å². The van der Waals surface area contributed by atoms with Crippen molar-refractivity contribution in [2.75, 3.05) is 30.5 Å². The first kappa shape index (κ1) is 15.2. The third-order valence-corrected chi connectivity index (χ3v) is 3.48. The van der Waals surface area contributed by atoms with Gasteiger partial charge in [0.1, 0.15) is 15.7 Å². The second-order valence-electron chi connectivity index (χ2n) is 4.20. The minimum atomic E-state index is -3.10. The van der Waals surface area contributed by atoms with Crippen molar-refractivity contribution in [3.8, 4) is 0 Å². The van der Waals surface area contributed by atoms with E-state index < -0.39 is 15.7 Å². The minimum absolute atomic E-state index is 0.0646. The third-order valence-electron chi connectivity index (χ3n) is 2.56. The molecule has 1 aromatic rings. The lowest BCUT2D eigenvalue weighted by molar-refractivity contribution is 0.318. The lowest BCUT2D eigenvalue weighted by Crippen LogP contribution is -2.26. The fourth-order valence-electron chi connectivity index (χ4n) is 1.46. The van der Waals surface area contributed by atoms with Crippen molar-refractivity contribution in [3.63, 3.8) is 0 Å². The van der Waals surface area contributed by atoms with Crippen molar-refractivity contribution in [2.45, 2.75) is 0 Å². The first-order chi connectivity index (χ1) is 8.74. The van der Waals surface area contributed by atoms with Gasteiger partial charge in [-0.25, -0.2) is 12.8 Å². The maximum Gasteiger partial charge on any atom is 0.170 e. The molecule has 1 rings (SSSR count). The molecular formula is C11H16FN3O3S. The van der Waals surface area contributed by atoms with Crippen LogP contribution < -0.4 is 10.6 Å². The van der Waals surface area contributed by atoms with Gasteiger partial charge in [-0.15, -0.1) is 0 Å². The summed E-state index contributed by atoms with van der Waals surface area (Å²) in [4.78, 5) is 1.49. The number of halogens is 1. The Morgan fingerprint density at radius 2 is 2.16 bits per heavy atom. The number of hydrogen-bond acceptors (Lipinski definition) is 5. The maximum atomic E-state index is 13.8. The SMILES string of the molecule is CN(CCS(C)(=O)=O)c1ccc(C(N)=NO)cc1F. The molecule has 0 fully saturated rings. The molecule has 19 heavy (non-hydrogen) atoms. The molecule has 0 spiro atoms. The van der Waals surface area contributed by atoms with Crippen molar-refractivity contribution in [3.05, 3.63) is 29.6 Å². The van der Waals surface area contributed by atoms with Gasteiger partial charge in [0.2, 0.25) is 0 Å². The van der Waals surface area contributed by atoms with E-state index >= 15 is 0 Å². The van der Waals surface area contributed by atoms with Crippen LogP contribution in [-0.2, 0) is 9.84 Å². The molecule has 0 saturated carbocycles.